The molecule has 11 unspecified atom stereocenters. The van der Waals surface area contributed by atoms with Crippen molar-refractivity contribution < 1.29 is 113 Å². The van der Waals surface area contributed by atoms with Gasteiger partial charge in [0.15, 0.2) is 17.6 Å². The second-order valence-corrected chi connectivity index (χ2v) is 12.9. The molecular formula is C35H40O23. The molecule has 0 aromatic heterocycles. The lowest BCUT2D eigenvalue weighted by atomic mass is 9.98. The van der Waals surface area contributed by atoms with Crippen LogP contribution in [0.4, 0.5) is 0 Å². The van der Waals surface area contributed by atoms with Crippen molar-refractivity contribution in [3.63, 3.8) is 0 Å². The molecule has 58 heavy (non-hydrogen) atoms. The van der Waals surface area contributed by atoms with Crippen LogP contribution in [-0.2, 0) is 42.9 Å². The first-order valence-corrected chi connectivity index (χ1v) is 17.1. The van der Waals surface area contributed by atoms with Crippen LogP contribution < -0.4 is 18.9 Å². The number of carbonyl (C=O) groups excluding carboxylic acids is 2. The lowest BCUT2D eigenvalue weighted by molar-refractivity contribution is -0.294. The van der Waals surface area contributed by atoms with Gasteiger partial charge in [-0.25, -0.2) is 0 Å². The van der Waals surface area contributed by atoms with E-state index in [1.165, 1.54) is 38.5 Å². The number of carboxylic acid groups (broad SMARTS) is 2. The molecule has 23 heteroatoms. The van der Waals surface area contributed by atoms with E-state index in [1.54, 1.807) is 0 Å². The van der Waals surface area contributed by atoms with Crippen molar-refractivity contribution >= 4 is 30.0 Å². The number of aliphatic hydroxyl groups is 6. The molecule has 0 saturated carbocycles. The Balaban J connectivity index is 1.46. The van der Waals surface area contributed by atoms with E-state index in [2.05, 4.69) is 0 Å². The third-order valence-electron chi connectivity index (χ3n) is 8.94. The number of ether oxygens (including phenoxy) is 9. The predicted molar refractivity (Wildman–Crippen MR) is 182 cm³/mol. The quantitative estimate of drug-likeness (QED) is 0.0663. The van der Waals surface area contributed by atoms with E-state index in [0.29, 0.717) is 0 Å². The number of rotatable bonds is 15. The van der Waals surface area contributed by atoms with Gasteiger partial charge in [-0.15, -0.1) is 0 Å². The molecule has 3 aliphatic rings. The number of hydrogen-bond acceptors (Lipinski definition) is 21. The zero-order valence-electron chi connectivity index (χ0n) is 30.3. The number of fused-ring (bicyclic) bond motifs is 1. The standard InChI is InChI=1S/C35H40O23/c1-50-17-3-12(4-18(51-2)26(17)43)33-19(56-35-32(49)30(47)28(45)21(58-35)11-53-25(42)9-23(39)40)7-14-15(36)5-13(6-16(14)55-33)54-34-31(48)29(46)27(44)20(57-34)10-52-24(41)8-22(37)38/h3-7,20-21,27-36,43-49H,8-11H2,1-2H3,(H,37,38)(H,39,40). The van der Waals surface area contributed by atoms with Crippen LogP contribution in [-0.4, -0.2) is 164 Å². The smallest absolute Gasteiger partial charge is 0.317 e. The highest BCUT2D eigenvalue weighted by atomic mass is 16.7. The van der Waals surface area contributed by atoms with Crippen molar-refractivity contribution in [3.05, 3.63) is 41.2 Å². The van der Waals surface area contributed by atoms with Crippen molar-refractivity contribution in [3.8, 4) is 34.5 Å². The molecule has 2 saturated heterocycles. The van der Waals surface area contributed by atoms with Gasteiger partial charge in [-0.3, -0.25) is 19.2 Å². The lowest BCUT2D eigenvalue weighted by Gasteiger charge is -2.41. The summed E-state index contributed by atoms with van der Waals surface area (Å²) in [6.07, 6.45) is -20.3. The van der Waals surface area contributed by atoms with E-state index in [4.69, 9.17) is 52.8 Å². The first-order valence-electron chi connectivity index (χ1n) is 17.1. The summed E-state index contributed by atoms with van der Waals surface area (Å²) in [6, 6.07) is 4.85. The third kappa shape index (κ3) is 9.71. The Bertz CT molecular complexity index is 1850. The molecule has 2 aromatic rings. The van der Waals surface area contributed by atoms with Gasteiger partial charge in [-0.05, 0) is 18.2 Å². The molecule has 0 spiro atoms. The second kappa shape index (κ2) is 18.3. The lowest BCUT2D eigenvalue weighted by Crippen LogP contribution is -2.60. The summed E-state index contributed by atoms with van der Waals surface area (Å²) >= 11 is 0. The van der Waals surface area contributed by atoms with Gasteiger partial charge in [-0.2, -0.15) is 0 Å². The maximum absolute atomic E-state index is 11.8. The largest absolute Gasteiger partial charge is 0.507 e. The highest BCUT2D eigenvalue weighted by molar-refractivity contribution is 5.90. The highest BCUT2D eigenvalue weighted by Crippen LogP contribution is 2.48. The molecule has 3 aliphatic heterocycles. The molecule has 0 radical (unpaired) electrons. The first-order chi connectivity index (χ1) is 27.4. The van der Waals surface area contributed by atoms with Crippen molar-refractivity contribution in [2.45, 2.75) is 80.4 Å². The Hall–Kier alpha value is -5.66. The topological polar surface area (TPSA) is 354 Å². The van der Waals surface area contributed by atoms with Gasteiger partial charge in [0.2, 0.25) is 18.3 Å². The zero-order chi connectivity index (χ0) is 42.6. The average molecular weight is 829 g/mol. The van der Waals surface area contributed by atoms with Crippen molar-refractivity contribution in [1.29, 1.82) is 0 Å². The fraction of sp³-hybridized carbons (Fsp3) is 0.486. The SMILES string of the molecule is COc1cc(C2Oc3cc(OC4OC(COC(=O)CC(=O)O)C(O)C(O)C4O)cc(O)c3C=C2OC2OC(COC(=O)CC(=O)O)C(O)C(O)C2O)cc(OC)c1O. The van der Waals surface area contributed by atoms with E-state index >= 15 is 0 Å². The summed E-state index contributed by atoms with van der Waals surface area (Å²) in [5.74, 6) is -7.17. The van der Waals surface area contributed by atoms with Gasteiger partial charge in [0.1, 0.15) is 97.9 Å². The number of phenols is 2. The minimum atomic E-state index is -1.96. The summed E-state index contributed by atoms with van der Waals surface area (Å²) in [6.45, 7) is -1.50. The van der Waals surface area contributed by atoms with Crippen LogP contribution in [0.2, 0.25) is 0 Å². The Labute approximate surface area is 326 Å². The second-order valence-electron chi connectivity index (χ2n) is 12.9. The molecule has 0 aliphatic carbocycles. The Morgan fingerprint density at radius 1 is 0.655 bits per heavy atom. The molecule has 23 nitrogen and oxygen atoms in total. The summed E-state index contributed by atoms with van der Waals surface area (Å²) in [5.41, 5.74) is 0.0489. The van der Waals surface area contributed by atoms with E-state index < -0.39 is 129 Å². The minimum absolute atomic E-state index is 0.0925. The molecule has 11 atom stereocenters. The molecule has 10 N–H and O–H groups in total. The molecule has 0 amide bonds. The van der Waals surface area contributed by atoms with Crippen LogP contribution in [0, 0.1) is 0 Å². The monoisotopic (exact) mass is 828 g/mol. The van der Waals surface area contributed by atoms with E-state index in [1.807, 2.05) is 0 Å². The van der Waals surface area contributed by atoms with Gasteiger partial charge < -0.3 is 93.7 Å². The summed E-state index contributed by atoms with van der Waals surface area (Å²) in [7, 11) is 2.49. The maximum atomic E-state index is 11.8. The van der Waals surface area contributed by atoms with Gasteiger partial charge >= 0.3 is 23.9 Å². The Morgan fingerprint density at radius 2 is 1.14 bits per heavy atom. The van der Waals surface area contributed by atoms with E-state index in [-0.39, 0.29) is 39.9 Å². The van der Waals surface area contributed by atoms with E-state index in [0.717, 1.165) is 6.07 Å². The number of phenolic OH excluding ortho intramolecular Hbond substituents is 2. The van der Waals surface area contributed by atoms with Gasteiger partial charge in [0.25, 0.3) is 0 Å². The van der Waals surface area contributed by atoms with Crippen LogP contribution in [0.5, 0.6) is 34.5 Å². The van der Waals surface area contributed by atoms with Crippen LogP contribution in [0.15, 0.2) is 30.0 Å². The number of esters is 2. The fourth-order valence-corrected chi connectivity index (χ4v) is 5.96. The van der Waals surface area contributed by atoms with Crippen molar-refractivity contribution in [2.24, 2.45) is 0 Å². The number of aliphatic hydroxyl groups excluding tert-OH is 6. The number of hydrogen-bond donors (Lipinski definition) is 10. The normalized spacial score (nSPS) is 29.1. The average Bonchev–Trinajstić information content (AvgIpc) is 3.16. The van der Waals surface area contributed by atoms with Gasteiger partial charge in [0.05, 0.1) is 19.8 Å². The third-order valence-corrected chi connectivity index (χ3v) is 8.94. The number of benzene rings is 2. The predicted octanol–water partition coefficient (Wildman–Crippen LogP) is -2.36. The molecule has 0 bridgehead atoms. The molecule has 3 heterocycles. The summed E-state index contributed by atoms with van der Waals surface area (Å²) in [5, 5.41) is 103. The summed E-state index contributed by atoms with van der Waals surface area (Å²) in [4.78, 5) is 45.3. The van der Waals surface area contributed by atoms with Crippen molar-refractivity contribution in [2.75, 3.05) is 27.4 Å². The first kappa shape index (κ1) is 43.5. The number of carbonyl (C=O) groups is 4. The van der Waals surface area contributed by atoms with Crippen LogP contribution in [0.1, 0.15) is 30.1 Å². The molecule has 318 valence electrons. The highest BCUT2D eigenvalue weighted by Gasteiger charge is 2.48. The molecular weight excluding hydrogens is 788 g/mol. The zero-order valence-corrected chi connectivity index (χ0v) is 30.3. The van der Waals surface area contributed by atoms with Gasteiger partial charge in [0, 0.05) is 17.7 Å². The summed E-state index contributed by atoms with van der Waals surface area (Å²) < 4.78 is 49.2. The van der Waals surface area contributed by atoms with E-state index in [9.17, 15) is 60.0 Å². The van der Waals surface area contributed by atoms with Crippen LogP contribution in [0.3, 0.4) is 0 Å². The molecule has 5 rings (SSSR count). The number of aromatic hydroxyl groups is 2. The fourth-order valence-electron chi connectivity index (χ4n) is 5.96. The van der Waals surface area contributed by atoms with Crippen molar-refractivity contribution in [1.82, 2.24) is 0 Å². The maximum Gasteiger partial charge on any atom is 0.317 e. The number of aliphatic carboxylic acids is 2. The van der Waals surface area contributed by atoms with Gasteiger partial charge in [-0.1, -0.05) is 0 Å². The minimum Gasteiger partial charge on any atom is -0.507 e. The number of carboxylic acids is 2. The molecule has 2 aromatic carbocycles. The Kier molecular flexibility index (Phi) is 13.7. The van der Waals surface area contributed by atoms with Crippen LogP contribution in [0.25, 0.3) is 6.08 Å². The number of methoxy groups -OCH3 is 2. The molecule has 2 fully saturated rings. The Morgan fingerprint density at radius 3 is 1.60 bits per heavy atom. The van der Waals surface area contributed by atoms with Crippen LogP contribution >= 0.6 is 0 Å².